The van der Waals surface area contributed by atoms with Crippen LogP contribution < -0.4 is 11.1 Å². The second kappa shape index (κ2) is 7.51. The molecule has 1 atom stereocenters. The summed E-state index contributed by atoms with van der Waals surface area (Å²) in [6.45, 7) is 0.503. The molecule has 5 nitrogen and oxygen atoms in total. The van der Waals surface area contributed by atoms with Crippen molar-refractivity contribution in [2.45, 2.75) is 29.5 Å². The minimum absolute atomic E-state index is 0.0377. The van der Waals surface area contributed by atoms with E-state index < -0.39 is 0 Å². The van der Waals surface area contributed by atoms with Gasteiger partial charge in [-0.15, -0.1) is 11.8 Å². The maximum Gasteiger partial charge on any atom is 0.251 e. The van der Waals surface area contributed by atoms with E-state index in [-0.39, 0.29) is 11.9 Å². The van der Waals surface area contributed by atoms with Crippen LogP contribution in [-0.2, 0) is 5.75 Å². The molecule has 1 fully saturated rings. The number of benzene rings is 1. The van der Waals surface area contributed by atoms with E-state index in [1.54, 1.807) is 11.8 Å². The largest absolute Gasteiger partial charge is 0.348 e. The molecule has 0 saturated heterocycles. The molecule has 2 aromatic heterocycles. The zero-order valence-corrected chi connectivity index (χ0v) is 15.3. The van der Waals surface area contributed by atoms with Crippen LogP contribution in [0.5, 0.6) is 0 Å². The molecule has 1 unspecified atom stereocenters. The molecule has 4 rings (SSSR count). The minimum Gasteiger partial charge on any atom is -0.348 e. The normalized spacial score (nSPS) is 15.1. The Morgan fingerprint density at radius 1 is 1.27 bits per heavy atom. The summed E-state index contributed by atoms with van der Waals surface area (Å²) >= 11 is 1.71. The van der Waals surface area contributed by atoms with Gasteiger partial charge in [0.2, 0.25) is 0 Å². The van der Waals surface area contributed by atoms with Crippen molar-refractivity contribution in [3.63, 3.8) is 0 Å². The molecule has 0 spiro atoms. The molecule has 6 heteroatoms. The van der Waals surface area contributed by atoms with Gasteiger partial charge in [0.05, 0.1) is 5.69 Å². The van der Waals surface area contributed by atoms with E-state index in [4.69, 9.17) is 5.73 Å². The topological polar surface area (TPSA) is 72.4 Å². The van der Waals surface area contributed by atoms with Gasteiger partial charge in [0.1, 0.15) is 5.65 Å². The van der Waals surface area contributed by atoms with Crippen LogP contribution in [0.25, 0.3) is 5.65 Å². The number of rotatable bonds is 7. The molecule has 26 heavy (non-hydrogen) atoms. The summed E-state index contributed by atoms with van der Waals surface area (Å²) in [5, 5.41) is 3.05. The predicted octanol–water partition coefficient (Wildman–Crippen LogP) is 3.09. The quantitative estimate of drug-likeness (QED) is 0.630. The van der Waals surface area contributed by atoms with Crippen LogP contribution in [-0.4, -0.2) is 27.9 Å². The van der Waals surface area contributed by atoms with Gasteiger partial charge in [0.15, 0.2) is 0 Å². The molecule has 1 aliphatic rings. The fraction of sp³-hybridized carbons (Fsp3) is 0.300. The Labute approximate surface area is 157 Å². The van der Waals surface area contributed by atoms with Crippen molar-refractivity contribution < 1.29 is 4.79 Å². The molecule has 1 aliphatic carbocycles. The summed E-state index contributed by atoms with van der Waals surface area (Å²) in [6.07, 6.45) is 6.39. The highest BCUT2D eigenvalue weighted by Crippen LogP contribution is 2.32. The maximum atomic E-state index is 12.4. The van der Waals surface area contributed by atoms with Crippen LogP contribution in [0.15, 0.2) is 59.8 Å². The second-order valence-corrected chi connectivity index (χ2v) is 7.71. The molecule has 134 valence electrons. The predicted molar refractivity (Wildman–Crippen MR) is 104 cm³/mol. The first-order valence-electron chi connectivity index (χ1n) is 8.89. The van der Waals surface area contributed by atoms with Crippen molar-refractivity contribution in [3.8, 4) is 0 Å². The monoisotopic (exact) mass is 366 g/mol. The lowest BCUT2D eigenvalue weighted by Crippen LogP contribution is -2.41. The first kappa shape index (κ1) is 17.1. The zero-order chi connectivity index (χ0) is 17.9. The fourth-order valence-electron chi connectivity index (χ4n) is 3.04. The van der Waals surface area contributed by atoms with Crippen LogP contribution in [0.1, 0.15) is 28.9 Å². The minimum atomic E-state index is -0.0377. The molecular weight excluding hydrogens is 344 g/mol. The van der Waals surface area contributed by atoms with E-state index in [9.17, 15) is 4.79 Å². The van der Waals surface area contributed by atoms with Gasteiger partial charge in [-0.25, -0.2) is 4.98 Å². The summed E-state index contributed by atoms with van der Waals surface area (Å²) in [5.41, 5.74) is 8.44. The number of nitrogens with zero attached hydrogens (tertiary/aromatic N) is 2. The SMILES string of the molecule is NCC(NC(=O)c1ccc(SCc2cn3ccccc3n2)cc1)C1CC1. The van der Waals surface area contributed by atoms with Crippen molar-refractivity contribution in [2.75, 3.05) is 6.54 Å². The Morgan fingerprint density at radius 2 is 2.08 bits per heavy atom. The maximum absolute atomic E-state index is 12.4. The van der Waals surface area contributed by atoms with E-state index in [1.165, 1.54) is 12.8 Å². The Hall–Kier alpha value is -2.31. The molecule has 2 heterocycles. The summed E-state index contributed by atoms with van der Waals surface area (Å²) in [6, 6.07) is 13.8. The molecule has 1 amide bonds. The molecule has 3 N–H and O–H groups in total. The van der Waals surface area contributed by atoms with Gasteiger partial charge in [-0.1, -0.05) is 6.07 Å². The number of imidazole rings is 1. The number of aromatic nitrogens is 2. The highest BCUT2D eigenvalue weighted by Gasteiger charge is 2.31. The lowest BCUT2D eigenvalue weighted by molar-refractivity contribution is 0.0933. The van der Waals surface area contributed by atoms with E-state index in [0.717, 1.165) is 22.0 Å². The van der Waals surface area contributed by atoms with Crippen molar-refractivity contribution in [3.05, 3.63) is 66.1 Å². The Kier molecular flexibility index (Phi) is 4.95. The number of pyridine rings is 1. The highest BCUT2D eigenvalue weighted by atomic mass is 32.2. The number of carbonyl (C=O) groups is 1. The standard InChI is InChI=1S/C20H22N4OS/c21-11-18(14-4-5-14)23-20(25)15-6-8-17(9-7-15)26-13-16-12-24-10-2-1-3-19(24)22-16/h1-3,6-10,12,14,18H,4-5,11,13,21H2,(H,23,25). The number of amides is 1. The third-order valence-electron chi connectivity index (χ3n) is 4.68. The number of nitrogens with one attached hydrogen (secondary N) is 1. The average molecular weight is 366 g/mol. The van der Waals surface area contributed by atoms with E-state index in [2.05, 4.69) is 16.5 Å². The summed E-state index contributed by atoms with van der Waals surface area (Å²) in [7, 11) is 0. The smallest absolute Gasteiger partial charge is 0.251 e. The fourth-order valence-corrected chi connectivity index (χ4v) is 3.82. The number of nitrogens with two attached hydrogens (primary N) is 1. The molecule has 3 aromatic rings. The molecule has 0 aliphatic heterocycles. The molecular formula is C20H22N4OS. The first-order chi connectivity index (χ1) is 12.7. The summed E-state index contributed by atoms with van der Waals surface area (Å²) in [5.74, 6) is 1.32. The Balaban J connectivity index is 1.35. The zero-order valence-electron chi connectivity index (χ0n) is 14.5. The van der Waals surface area contributed by atoms with Gasteiger partial charge in [-0.2, -0.15) is 0 Å². The van der Waals surface area contributed by atoms with Crippen LogP contribution in [0, 0.1) is 5.92 Å². The Bertz CT molecular complexity index is 869. The van der Waals surface area contributed by atoms with Gasteiger partial charge in [0, 0.05) is 41.2 Å². The summed E-state index contributed by atoms with van der Waals surface area (Å²) < 4.78 is 2.02. The van der Waals surface area contributed by atoms with Crippen molar-refractivity contribution >= 4 is 23.3 Å². The summed E-state index contributed by atoms with van der Waals surface area (Å²) in [4.78, 5) is 18.1. The molecule has 0 radical (unpaired) electrons. The third kappa shape index (κ3) is 3.92. The van der Waals surface area contributed by atoms with Gasteiger partial charge in [-0.3, -0.25) is 4.79 Å². The number of carbonyl (C=O) groups excluding carboxylic acids is 1. The van der Waals surface area contributed by atoms with Crippen molar-refractivity contribution in [2.24, 2.45) is 11.7 Å². The number of fused-ring (bicyclic) bond motifs is 1. The lowest BCUT2D eigenvalue weighted by Gasteiger charge is -2.16. The van der Waals surface area contributed by atoms with E-state index >= 15 is 0 Å². The molecule has 0 bridgehead atoms. The first-order valence-corrected chi connectivity index (χ1v) is 9.88. The van der Waals surface area contributed by atoms with Crippen LogP contribution >= 0.6 is 11.8 Å². The number of hydrogen-bond donors (Lipinski definition) is 2. The van der Waals surface area contributed by atoms with Crippen molar-refractivity contribution in [1.29, 1.82) is 0 Å². The highest BCUT2D eigenvalue weighted by molar-refractivity contribution is 7.98. The van der Waals surface area contributed by atoms with E-state index in [0.29, 0.717) is 18.0 Å². The number of thioether (sulfide) groups is 1. The average Bonchev–Trinajstić information content (AvgIpc) is 3.43. The third-order valence-corrected chi connectivity index (χ3v) is 5.72. The second-order valence-electron chi connectivity index (χ2n) is 6.66. The number of hydrogen-bond acceptors (Lipinski definition) is 4. The van der Waals surface area contributed by atoms with Gasteiger partial charge < -0.3 is 15.5 Å². The van der Waals surface area contributed by atoms with Crippen LogP contribution in [0.4, 0.5) is 0 Å². The van der Waals surface area contributed by atoms with E-state index in [1.807, 2.05) is 53.1 Å². The van der Waals surface area contributed by atoms with Gasteiger partial charge in [-0.05, 0) is 55.2 Å². The molecule has 1 aromatic carbocycles. The van der Waals surface area contributed by atoms with Crippen LogP contribution in [0.3, 0.4) is 0 Å². The van der Waals surface area contributed by atoms with Crippen molar-refractivity contribution in [1.82, 2.24) is 14.7 Å². The molecule has 1 saturated carbocycles. The Morgan fingerprint density at radius 3 is 2.77 bits per heavy atom. The van der Waals surface area contributed by atoms with Crippen LogP contribution in [0.2, 0.25) is 0 Å². The van der Waals surface area contributed by atoms with Gasteiger partial charge >= 0.3 is 0 Å². The lowest BCUT2D eigenvalue weighted by atomic mass is 10.1. The van der Waals surface area contributed by atoms with Gasteiger partial charge in [0.25, 0.3) is 5.91 Å².